The normalized spacial score (nSPS) is 11.5. The summed E-state index contributed by atoms with van der Waals surface area (Å²) < 4.78 is 5.70. The lowest BCUT2D eigenvalue weighted by Gasteiger charge is -2.31. The molecule has 0 aliphatic carbocycles. The van der Waals surface area contributed by atoms with Crippen LogP contribution in [0.1, 0.15) is 16.7 Å². The predicted octanol–water partition coefficient (Wildman–Crippen LogP) is 4.41. The van der Waals surface area contributed by atoms with Crippen molar-refractivity contribution in [2.45, 2.75) is 25.9 Å². The highest BCUT2D eigenvalue weighted by atomic mass is 35.5. The van der Waals surface area contributed by atoms with E-state index in [1.54, 1.807) is 36.2 Å². The topological polar surface area (TPSA) is 58.6 Å². The number of ether oxygens (including phenoxy) is 1. The Kier molecular flexibility index (Phi) is 8.28. The number of halogens is 1. The van der Waals surface area contributed by atoms with Crippen LogP contribution in [-0.2, 0) is 22.6 Å². The van der Waals surface area contributed by atoms with Crippen molar-refractivity contribution in [2.75, 3.05) is 13.7 Å². The van der Waals surface area contributed by atoms with Crippen molar-refractivity contribution < 1.29 is 14.3 Å². The molecule has 1 unspecified atom stereocenters. The molecule has 5 nitrogen and oxygen atoms in total. The van der Waals surface area contributed by atoms with Crippen molar-refractivity contribution in [3.05, 3.63) is 101 Å². The zero-order chi connectivity index (χ0) is 22.9. The van der Waals surface area contributed by atoms with Gasteiger partial charge in [-0.05, 0) is 36.2 Å². The van der Waals surface area contributed by atoms with Gasteiger partial charge in [-0.2, -0.15) is 0 Å². The molecule has 0 spiro atoms. The zero-order valence-corrected chi connectivity index (χ0v) is 19.0. The average molecular weight is 451 g/mol. The molecule has 0 saturated carbocycles. The minimum Gasteiger partial charge on any atom is -0.484 e. The van der Waals surface area contributed by atoms with Crippen LogP contribution in [-0.4, -0.2) is 36.4 Å². The van der Waals surface area contributed by atoms with Gasteiger partial charge in [-0.3, -0.25) is 9.59 Å². The summed E-state index contributed by atoms with van der Waals surface area (Å²) in [4.78, 5) is 27.8. The number of likely N-dealkylation sites (N-methyl/N-ethyl adjacent to an activating group) is 1. The van der Waals surface area contributed by atoms with Crippen molar-refractivity contribution >= 4 is 23.4 Å². The molecule has 0 aliphatic heterocycles. The van der Waals surface area contributed by atoms with Crippen LogP contribution >= 0.6 is 11.6 Å². The number of nitrogens with zero attached hydrogens (tertiary/aromatic N) is 1. The van der Waals surface area contributed by atoms with Gasteiger partial charge in [0.25, 0.3) is 5.91 Å². The summed E-state index contributed by atoms with van der Waals surface area (Å²) in [6.45, 7) is 2.09. The Morgan fingerprint density at radius 3 is 2.38 bits per heavy atom. The van der Waals surface area contributed by atoms with Crippen molar-refractivity contribution in [3.63, 3.8) is 0 Å². The summed E-state index contributed by atoms with van der Waals surface area (Å²) in [7, 11) is 1.58. The zero-order valence-electron chi connectivity index (χ0n) is 18.3. The third-order valence-corrected chi connectivity index (χ3v) is 5.35. The number of amides is 2. The first-order chi connectivity index (χ1) is 15.5. The first-order valence-corrected chi connectivity index (χ1v) is 10.8. The summed E-state index contributed by atoms with van der Waals surface area (Å²) in [6.07, 6.45) is 0.398. The van der Waals surface area contributed by atoms with Crippen LogP contribution in [0, 0.1) is 6.92 Å². The lowest BCUT2D eigenvalue weighted by Crippen LogP contribution is -2.51. The van der Waals surface area contributed by atoms with Crippen molar-refractivity contribution in [1.82, 2.24) is 10.2 Å². The molecule has 0 radical (unpaired) electrons. The van der Waals surface area contributed by atoms with Crippen molar-refractivity contribution in [3.8, 4) is 5.75 Å². The molecule has 3 rings (SSSR count). The first kappa shape index (κ1) is 23.4. The molecule has 3 aromatic carbocycles. The molecule has 166 valence electrons. The fourth-order valence-corrected chi connectivity index (χ4v) is 3.69. The highest BCUT2D eigenvalue weighted by Gasteiger charge is 2.30. The second-order valence-corrected chi connectivity index (χ2v) is 8.01. The third kappa shape index (κ3) is 6.59. The summed E-state index contributed by atoms with van der Waals surface area (Å²) in [6, 6.07) is 23.8. The number of carbonyl (C=O) groups is 2. The molecule has 0 aromatic heterocycles. The Hall–Kier alpha value is -3.31. The molecule has 0 saturated heterocycles. The van der Waals surface area contributed by atoms with Gasteiger partial charge in [0, 0.05) is 25.0 Å². The smallest absolute Gasteiger partial charge is 0.261 e. The van der Waals surface area contributed by atoms with E-state index in [1.165, 1.54) is 0 Å². The van der Waals surface area contributed by atoms with E-state index in [0.29, 0.717) is 23.7 Å². The summed E-state index contributed by atoms with van der Waals surface area (Å²) in [5, 5.41) is 3.23. The quantitative estimate of drug-likeness (QED) is 0.525. The molecule has 3 aromatic rings. The maximum absolute atomic E-state index is 13.3. The molecule has 1 atom stereocenters. The average Bonchev–Trinajstić information content (AvgIpc) is 2.80. The number of rotatable bonds is 9. The number of hydrogen-bond donors (Lipinski definition) is 1. The van der Waals surface area contributed by atoms with E-state index in [9.17, 15) is 9.59 Å². The number of carbonyl (C=O) groups excluding carboxylic acids is 2. The SMILES string of the molecule is CNC(=O)C(Cc1ccccc1)N(Cc1cccc(C)c1)C(=O)COc1cccc(Cl)c1. The maximum atomic E-state index is 13.3. The lowest BCUT2D eigenvalue weighted by molar-refractivity contribution is -0.142. The van der Waals surface area contributed by atoms with Gasteiger partial charge >= 0.3 is 0 Å². The standard InChI is InChI=1S/C26H27ClN2O3/c1-19-8-6-11-21(14-19)17-29(25(30)18-32-23-13-7-12-22(27)16-23)24(26(31)28-2)15-20-9-4-3-5-10-20/h3-14,16,24H,15,17-18H2,1-2H3,(H,28,31). The highest BCUT2D eigenvalue weighted by molar-refractivity contribution is 6.30. The summed E-state index contributed by atoms with van der Waals surface area (Å²) in [5.74, 6) is -0.00506. The van der Waals surface area contributed by atoms with E-state index in [-0.39, 0.29) is 18.4 Å². The predicted molar refractivity (Wildman–Crippen MR) is 127 cm³/mol. The van der Waals surface area contributed by atoms with E-state index in [2.05, 4.69) is 5.32 Å². The molecule has 2 amide bonds. The van der Waals surface area contributed by atoms with E-state index in [1.807, 2.05) is 61.5 Å². The van der Waals surface area contributed by atoms with Crippen LogP contribution in [0.15, 0.2) is 78.9 Å². The van der Waals surface area contributed by atoms with Crippen LogP contribution in [0.25, 0.3) is 0 Å². The van der Waals surface area contributed by atoms with Crippen LogP contribution in [0.2, 0.25) is 5.02 Å². The molecule has 6 heteroatoms. The second kappa shape index (κ2) is 11.3. The number of nitrogens with one attached hydrogen (secondary N) is 1. The Balaban J connectivity index is 1.87. The van der Waals surface area contributed by atoms with Crippen molar-refractivity contribution in [1.29, 1.82) is 0 Å². The molecular weight excluding hydrogens is 424 g/mol. The molecular formula is C26H27ClN2O3. The monoisotopic (exact) mass is 450 g/mol. The summed E-state index contributed by atoms with van der Waals surface area (Å²) in [5.41, 5.74) is 3.01. The molecule has 0 fully saturated rings. The largest absolute Gasteiger partial charge is 0.484 e. The van der Waals surface area contributed by atoms with Crippen LogP contribution in [0.3, 0.4) is 0 Å². The number of benzene rings is 3. The molecule has 32 heavy (non-hydrogen) atoms. The maximum Gasteiger partial charge on any atom is 0.261 e. The fraction of sp³-hybridized carbons (Fsp3) is 0.231. The fourth-order valence-electron chi connectivity index (χ4n) is 3.51. The van der Waals surface area contributed by atoms with E-state index < -0.39 is 6.04 Å². The van der Waals surface area contributed by atoms with Crippen LogP contribution in [0.5, 0.6) is 5.75 Å². The van der Waals surface area contributed by atoms with Gasteiger partial charge in [0.05, 0.1) is 0 Å². The van der Waals surface area contributed by atoms with E-state index >= 15 is 0 Å². The summed E-state index contributed by atoms with van der Waals surface area (Å²) >= 11 is 6.02. The third-order valence-electron chi connectivity index (χ3n) is 5.11. The molecule has 0 aliphatic rings. The van der Waals surface area contributed by atoms with E-state index in [0.717, 1.165) is 16.7 Å². The Morgan fingerprint density at radius 2 is 1.69 bits per heavy atom. The van der Waals surface area contributed by atoms with Gasteiger partial charge < -0.3 is 15.0 Å². The minimum absolute atomic E-state index is 0.200. The Bertz CT molecular complexity index is 1060. The van der Waals surface area contributed by atoms with E-state index in [4.69, 9.17) is 16.3 Å². The van der Waals surface area contributed by atoms with Gasteiger partial charge in [0.15, 0.2) is 6.61 Å². The first-order valence-electron chi connectivity index (χ1n) is 10.4. The van der Waals surface area contributed by atoms with Gasteiger partial charge in [-0.1, -0.05) is 77.8 Å². The Labute approximate surface area is 194 Å². The van der Waals surface area contributed by atoms with Gasteiger partial charge in [-0.25, -0.2) is 0 Å². The second-order valence-electron chi connectivity index (χ2n) is 7.58. The minimum atomic E-state index is -0.682. The van der Waals surface area contributed by atoms with Gasteiger partial charge in [0.2, 0.25) is 5.91 Å². The Morgan fingerprint density at radius 1 is 0.969 bits per heavy atom. The molecule has 1 N–H and O–H groups in total. The van der Waals surface area contributed by atoms with Crippen LogP contribution < -0.4 is 10.1 Å². The number of hydrogen-bond acceptors (Lipinski definition) is 3. The highest BCUT2D eigenvalue weighted by Crippen LogP contribution is 2.19. The van der Waals surface area contributed by atoms with Gasteiger partial charge in [-0.15, -0.1) is 0 Å². The molecule has 0 bridgehead atoms. The van der Waals surface area contributed by atoms with Crippen molar-refractivity contribution in [2.24, 2.45) is 0 Å². The van der Waals surface area contributed by atoms with Crippen LogP contribution in [0.4, 0.5) is 0 Å². The number of aryl methyl sites for hydroxylation is 1. The lowest BCUT2D eigenvalue weighted by atomic mass is 10.0. The van der Waals surface area contributed by atoms with Gasteiger partial charge in [0.1, 0.15) is 11.8 Å². The molecule has 0 heterocycles.